The average molecular weight is 387 g/mol. The number of aromatic amines is 1. The lowest BCUT2D eigenvalue weighted by Gasteiger charge is -2.41. The summed E-state index contributed by atoms with van der Waals surface area (Å²) in [4.78, 5) is 4.99. The van der Waals surface area contributed by atoms with Gasteiger partial charge < -0.3 is 9.52 Å². The molecular weight excluding hydrogens is 352 g/mol. The standard InChI is InChI=1S/C22H34N4O2/c1-17-7-8-21(28-17)16-26-11-10-25(15-20(26)9-12-27)14-19-13-23-24-22(19)18-5-3-2-4-6-18/h7-8,13,18,20,27H,2-6,9-12,14-16H2,1H3,(H,23,24)/t20-/m1/s1. The number of hydrogen-bond donors (Lipinski definition) is 2. The van der Waals surface area contributed by atoms with E-state index in [4.69, 9.17) is 4.42 Å². The van der Waals surface area contributed by atoms with Crippen molar-refractivity contribution in [2.75, 3.05) is 26.2 Å². The topological polar surface area (TPSA) is 68.5 Å². The van der Waals surface area contributed by atoms with Crippen LogP contribution in [0.4, 0.5) is 0 Å². The van der Waals surface area contributed by atoms with Crippen molar-refractivity contribution >= 4 is 0 Å². The molecule has 154 valence electrons. The van der Waals surface area contributed by atoms with Gasteiger partial charge in [0.2, 0.25) is 0 Å². The van der Waals surface area contributed by atoms with Gasteiger partial charge in [-0.3, -0.25) is 14.9 Å². The Labute approximate surface area is 167 Å². The summed E-state index contributed by atoms with van der Waals surface area (Å²) in [7, 11) is 0. The van der Waals surface area contributed by atoms with Gasteiger partial charge in [-0.25, -0.2) is 0 Å². The average Bonchev–Trinajstić information content (AvgIpc) is 3.33. The van der Waals surface area contributed by atoms with Crippen LogP contribution in [0.25, 0.3) is 0 Å². The predicted molar refractivity (Wildman–Crippen MR) is 109 cm³/mol. The fourth-order valence-electron chi connectivity index (χ4n) is 4.93. The van der Waals surface area contributed by atoms with Crippen LogP contribution < -0.4 is 0 Å². The summed E-state index contributed by atoms with van der Waals surface area (Å²) in [6, 6.07) is 4.45. The van der Waals surface area contributed by atoms with Gasteiger partial charge in [0, 0.05) is 56.0 Å². The normalized spacial score (nSPS) is 22.7. The smallest absolute Gasteiger partial charge is 0.118 e. The zero-order chi connectivity index (χ0) is 19.3. The molecule has 1 aliphatic carbocycles. The van der Waals surface area contributed by atoms with Gasteiger partial charge in [0.15, 0.2) is 0 Å². The molecule has 2 aromatic heterocycles. The molecule has 0 bridgehead atoms. The summed E-state index contributed by atoms with van der Waals surface area (Å²) in [5.74, 6) is 2.63. The van der Waals surface area contributed by atoms with Gasteiger partial charge >= 0.3 is 0 Å². The van der Waals surface area contributed by atoms with Gasteiger partial charge in [0.1, 0.15) is 11.5 Å². The summed E-state index contributed by atoms with van der Waals surface area (Å²) in [5.41, 5.74) is 2.73. The molecule has 0 radical (unpaired) electrons. The van der Waals surface area contributed by atoms with E-state index in [9.17, 15) is 5.11 Å². The number of aliphatic hydroxyl groups is 1. The second-order valence-corrected chi connectivity index (χ2v) is 8.53. The number of nitrogens with zero attached hydrogens (tertiary/aromatic N) is 3. The van der Waals surface area contributed by atoms with Crippen molar-refractivity contribution in [1.29, 1.82) is 0 Å². The number of aliphatic hydroxyl groups excluding tert-OH is 1. The van der Waals surface area contributed by atoms with Gasteiger partial charge in [-0.05, 0) is 38.3 Å². The molecule has 0 aromatic carbocycles. The molecule has 3 heterocycles. The molecule has 28 heavy (non-hydrogen) atoms. The largest absolute Gasteiger partial charge is 0.465 e. The van der Waals surface area contributed by atoms with Crippen LogP contribution in [-0.4, -0.2) is 57.4 Å². The van der Waals surface area contributed by atoms with Crippen molar-refractivity contribution in [2.24, 2.45) is 0 Å². The van der Waals surface area contributed by atoms with E-state index in [-0.39, 0.29) is 6.61 Å². The zero-order valence-electron chi connectivity index (χ0n) is 17.1. The van der Waals surface area contributed by atoms with Crippen molar-refractivity contribution in [2.45, 2.75) is 70.5 Å². The molecule has 0 spiro atoms. The lowest BCUT2D eigenvalue weighted by atomic mass is 9.85. The van der Waals surface area contributed by atoms with Crippen molar-refractivity contribution in [3.05, 3.63) is 41.1 Å². The molecule has 1 atom stereocenters. The molecular formula is C22H34N4O2. The molecule has 2 N–H and O–H groups in total. The molecule has 1 saturated carbocycles. The van der Waals surface area contributed by atoms with Crippen LogP contribution in [0, 0.1) is 6.92 Å². The maximum absolute atomic E-state index is 9.58. The lowest BCUT2D eigenvalue weighted by molar-refractivity contribution is 0.0452. The van der Waals surface area contributed by atoms with E-state index in [2.05, 4.69) is 26.1 Å². The Bertz CT molecular complexity index is 734. The molecule has 1 saturated heterocycles. The molecule has 2 aromatic rings. The number of rotatable bonds is 7. The molecule has 1 aliphatic heterocycles. The van der Waals surface area contributed by atoms with Crippen molar-refractivity contribution in [3.63, 3.8) is 0 Å². The first-order valence-corrected chi connectivity index (χ1v) is 10.9. The fourth-order valence-corrected chi connectivity index (χ4v) is 4.93. The highest BCUT2D eigenvalue weighted by molar-refractivity contribution is 5.21. The molecule has 6 heteroatoms. The van der Waals surface area contributed by atoms with E-state index < -0.39 is 0 Å². The van der Waals surface area contributed by atoms with Gasteiger partial charge in [0.25, 0.3) is 0 Å². The predicted octanol–water partition coefficient (Wildman–Crippen LogP) is 3.43. The van der Waals surface area contributed by atoms with Crippen LogP contribution >= 0.6 is 0 Å². The highest BCUT2D eigenvalue weighted by Gasteiger charge is 2.29. The number of aryl methyl sites for hydroxylation is 1. The number of nitrogens with one attached hydrogen (secondary N) is 1. The molecule has 2 fully saturated rings. The highest BCUT2D eigenvalue weighted by atomic mass is 16.3. The molecule has 6 nitrogen and oxygen atoms in total. The van der Waals surface area contributed by atoms with E-state index in [0.29, 0.717) is 12.0 Å². The maximum atomic E-state index is 9.58. The summed E-state index contributed by atoms with van der Waals surface area (Å²) in [6.45, 7) is 7.02. The lowest BCUT2D eigenvalue weighted by Crippen LogP contribution is -2.52. The van der Waals surface area contributed by atoms with Gasteiger partial charge in [-0.1, -0.05) is 19.3 Å². The number of furan rings is 1. The maximum Gasteiger partial charge on any atom is 0.118 e. The van der Waals surface area contributed by atoms with Crippen LogP contribution in [0.5, 0.6) is 0 Å². The Hall–Kier alpha value is -1.63. The van der Waals surface area contributed by atoms with Crippen LogP contribution in [0.1, 0.15) is 67.2 Å². The third kappa shape index (κ3) is 4.67. The minimum Gasteiger partial charge on any atom is -0.465 e. The molecule has 0 unspecified atom stereocenters. The van der Waals surface area contributed by atoms with E-state index in [1.807, 2.05) is 19.2 Å². The van der Waals surface area contributed by atoms with Crippen LogP contribution in [0.3, 0.4) is 0 Å². The number of aromatic nitrogens is 2. The van der Waals surface area contributed by atoms with E-state index in [1.54, 1.807) is 0 Å². The van der Waals surface area contributed by atoms with Crippen molar-refractivity contribution in [3.8, 4) is 0 Å². The zero-order valence-corrected chi connectivity index (χ0v) is 17.1. The monoisotopic (exact) mass is 386 g/mol. The van der Waals surface area contributed by atoms with Gasteiger partial charge in [0.05, 0.1) is 12.7 Å². The van der Waals surface area contributed by atoms with Crippen LogP contribution in [0.15, 0.2) is 22.7 Å². The molecule has 0 amide bonds. The Balaban J connectivity index is 1.38. The first-order valence-electron chi connectivity index (χ1n) is 10.9. The Morgan fingerprint density at radius 1 is 1.18 bits per heavy atom. The summed E-state index contributed by atoms with van der Waals surface area (Å²) >= 11 is 0. The van der Waals surface area contributed by atoms with E-state index in [1.165, 1.54) is 43.4 Å². The van der Waals surface area contributed by atoms with Gasteiger partial charge in [-0.2, -0.15) is 5.10 Å². The van der Waals surface area contributed by atoms with Crippen LogP contribution in [0.2, 0.25) is 0 Å². The Morgan fingerprint density at radius 3 is 2.79 bits per heavy atom. The second kappa shape index (κ2) is 9.25. The van der Waals surface area contributed by atoms with Crippen molar-refractivity contribution < 1.29 is 9.52 Å². The fraction of sp³-hybridized carbons (Fsp3) is 0.682. The number of hydrogen-bond acceptors (Lipinski definition) is 5. The molecule has 2 aliphatic rings. The minimum atomic E-state index is 0.227. The molecule has 4 rings (SSSR count). The highest BCUT2D eigenvalue weighted by Crippen LogP contribution is 2.33. The third-order valence-corrected chi connectivity index (χ3v) is 6.46. The Morgan fingerprint density at radius 2 is 2.04 bits per heavy atom. The summed E-state index contributed by atoms with van der Waals surface area (Å²) < 4.78 is 5.78. The van der Waals surface area contributed by atoms with Crippen LogP contribution in [-0.2, 0) is 13.1 Å². The minimum absolute atomic E-state index is 0.227. The quantitative estimate of drug-likeness (QED) is 0.763. The third-order valence-electron chi connectivity index (χ3n) is 6.46. The van der Waals surface area contributed by atoms with E-state index >= 15 is 0 Å². The SMILES string of the molecule is Cc1ccc(CN2CCN(Cc3cn[nH]c3C3CCCCC3)C[C@H]2CCO)o1. The number of piperazine rings is 1. The first kappa shape index (κ1) is 19.7. The van der Waals surface area contributed by atoms with E-state index in [0.717, 1.165) is 50.7 Å². The van der Waals surface area contributed by atoms with Gasteiger partial charge in [-0.15, -0.1) is 0 Å². The first-order chi connectivity index (χ1) is 13.7. The second-order valence-electron chi connectivity index (χ2n) is 8.53. The summed E-state index contributed by atoms with van der Waals surface area (Å²) in [6.07, 6.45) is 9.47. The van der Waals surface area contributed by atoms with Crippen molar-refractivity contribution in [1.82, 2.24) is 20.0 Å². The summed E-state index contributed by atoms with van der Waals surface area (Å²) in [5, 5.41) is 17.3. The Kier molecular flexibility index (Phi) is 6.50. The number of H-pyrrole nitrogens is 1.